The molecule has 4 aliphatic rings. The fourth-order valence-electron chi connectivity index (χ4n) is 9.43. The highest BCUT2D eigenvalue weighted by Crippen LogP contribution is 2.34. The number of nitrogens with one attached hydrogen (secondary N) is 3. The molecule has 2 aromatic heterocycles. The van der Waals surface area contributed by atoms with Gasteiger partial charge in [-0.3, -0.25) is 19.2 Å². The average molecular weight is 1010 g/mol. The summed E-state index contributed by atoms with van der Waals surface area (Å²) in [4.78, 5) is 62.6. The molecule has 4 aliphatic heterocycles. The first-order valence-corrected chi connectivity index (χ1v) is 24.5. The Morgan fingerprint density at radius 2 is 1.62 bits per heavy atom. The van der Waals surface area contributed by atoms with E-state index in [-0.39, 0.29) is 44.4 Å². The third-order valence-electron chi connectivity index (χ3n) is 13.4. The zero-order chi connectivity index (χ0) is 50.8. The monoisotopic (exact) mass is 1010 g/mol. The molecule has 4 aromatic rings. The number of aliphatic hydroxyl groups excluding tert-OH is 3. The Bertz CT molecular complexity index is 2580. The number of fused-ring (bicyclic) bond motifs is 1. The summed E-state index contributed by atoms with van der Waals surface area (Å²) in [6.07, 6.45) is -8.89. The summed E-state index contributed by atoms with van der Waals surface area (Å²) in [5.41, 5.74) is 4.78. The predicted octanol–water partition coefficient (Wildman–Crippen LogP) is 2.90. The number of amides is 4. The molecule has 0 bridgehead atoms. The maximum absolute atomic E-state index is 14.1. The van der Waals surface area contributed by atoms with Crippen molar-refractivity contribution in [3.05, 3.63) is 82.5 Å². The van der Waals surface area contributed by atoms with Gasteiger partial charge in [-0.05, 0) is 59.9 Å². The quantitative estimate of drug-likeness (QED) is 0.107. The molecule has 0 saturated carbocycles. The summed E-state index contributed by atoms with van der Waals surface area (Å²) in [5.74, 6) is -1.92. The van der Waals surface area contributed by atoms with Gasteiger partial charge in [0.05, 0.1) is 34.7 Å². The molecule has 23 heteroatoms. The van der Waals surface area contributed by atoms with Gasteiger partial charge in [-0.25, -0.2) is 4.98 Å². The van der Waals surface area contributed by atoms with Crippen LogP contribution in [0.3, 0.4) is 0 Å². The third kappa shape index (κ3) is 12.0. The summed E-state index contributed by atoms with van der Waals surface area (Å²) in [5, 5.41) is 51.7. The lowest BCUT2D eigenvalue weighted by Gasteiger charge is -2.35. The van der Waals surface area contributed by atoms with Crippen molar-refractivity contribution in [1.82, 2.24) is 45.6 Å². The molecule has 4 amide bonds. The van der Waals surface area contributed by atoms with E-state index in [0.29, 0.717) is 37.5 Å². The molecule has 0 aliphatic carbocycles. The highest BCUT2D eigenvalue weighted by molar-refractivity contribution is 7.13. The number of halogens is 3. The number of ether oxygens (including phenoxy) is 2. The van der Waals surface area contributed by atoms with Crippen molar-refractivity contribution in [3.63, 3.8) is 0 Å². The van der Waals surface area contributed by atoms with Crippen molar-refractivity contribution in [3.8, 4) is 16.2 Å². The van der Waals surface area contributed by atoms with Crippen LogP contribution in [0.5, 0.6) is 5.75 Å². The molecule has 0 spiro atoms. The van der Waals surface area contributed by atoms with Crippen LogP contribution in [0.2, 0.25) is 0 Å². The third-order valence-corrected chi connectivity index (χ3v) is 14.4. The minimum absolute atomic E-state index is 0.0157. The van der Waals surface area contributed by atoms with Gasteiger partial charge in [0.2, 0.25) is 17.7 Å². The highest BCUT2D eigenvalue weighted by Gasteiger charge is 2.47. The lowest BCUT2D eigenvalue weighted by atomic mass is 9.85. The predicted molar refractivity (Wildman–Crippen MR) is 252 cm³/mol. The van der Waals surface area contributed by atoms with Crippen molar-refractivity contribution in [2.45, 2.75) is 127 Å². The molecule has 19 nitrogen and oxygen atoms in total. The second kappa shape index (κ2) is 21.4. The number of aromatic nitrogens is 4. The fourth-order valence-corrected chi connectivity index (χ4v) is 10.2. The second-order valence-corrected chi connectivity index (χ2v) is 20.4. The van der Waals surface area contributed by atoms with Crippen LogP contribution < -0.4 is 20.7 Å². The molecule has 3 fully saturated rings. The minimum atomic E-state index is -4.66. The van der Waals surface area contributed by atoms with Crippen molar-refractivity contribution in [1.29, 1.82) is 0 Å². The number of carbonyl (C=O) groups excluding carboxylic acids is 4. The molecule has 6 N–H and O–H groups in total. The van der Waals surface area contributed by atoms with Crippen LogP contribution in [0, 0.1) is 12.3 Å². The number of β-amino-alcohol motifs (C(OH)–C–C–N with tert-alkyl or cyclic N) is 1. The Labute approximate surface area is 411 Å². The SMILES string of the molecule is Cc1ncsc1-c1ccc(CNC(=O)[C@@H]2C[C@H](O)CN2C(=O)C(NC(=O)CC2O[C@H](CNC(=O)COc3ccc(C4CCN(C5=Nn6c(nnc6C(F)(F)F)CC5)CC4)cc3)[C@@H](O)[C@H]2O)C(C)(C)C)cc1. The topological polar surface area (TPSA) is 246 Å². The van der Waals surface area contributed by atoms with Crippen molar-refractivity contribution in [2.75, 3.05) is 32.8 Å². The van der Waals surface area contributed by atoms with E-state index in [2.05, 4.69) is 36.2 Å². The molecular formula is C48H59F3N10O9S. The number of carbonyl (C=O) groups is 4. The number of amidine groups is 1. The summed E-state index contributed by atoms with van der Waals surface area (Å²) in [6, 6.07) is 12.9. The van der Waals surface area contributed by atoms with Gasteiger partial charge in [-0.15, -0.1) is 21.5 Å². The number of piperidine rings is 1. The smallest absolute Gasteiger partial charge is 0.453 e. The molecule has 382 valence electrons. The molecule has 2 unspecified atom stereocenters. The number of thiazole rings is 1. The molecule has 8 rings (SSSR count). The van der Waals surface area contributed by atoms with E-state index in [1.165, 1.54) is 4.90 Å². The van der Waals surface area contributed by atoms with E-state index in [1.807, 2.05) is 48.2 Å². The van der Waals surface area contributed by atoms with E-state index in [0.717, 1.165) is 44.8 Å². The summed E-state index contributed by atoms with van der Waals surface area (Å²) in [6.45, 7) is 7.94. The molecular weight excluding hydrogens is 950 g/mol. The summed E-state index contributed by atoms with van der Waals surface area (Å²) >= 11 is 1.54. The lowest BCUT2D eigenvalue weighted by molar-refractivity contribution is -0.147. The van der Waals surface area contributed by atoms with Gasteiger partial charge in [0.1, 0.15) is 42.0 Å². The molecule has 2 aromatic carbocycles. The number of rotatable bonds is 14. The van der Waals surface area contributed by atoms with Crippen molar-refractivity contribution < 1.29 is 57.1 Å². The Kier molecular flexibility index (Phi) is 15.5. The number of benzene rings is 2. The van der Waals surface area contributed by atoms with Gasteiger partial charge >= 0.3 is 6.18 Å². The van der Waals surface area contributed by atoms with Gasteiger partial charge in [-0.2, -0.15) is 22.9 Å². The first-order valence-electron chi connectivity index (χ1n) is 23.6. The number of hydrogen-bond donors (Lipinski definition) is 6. The van der Waals surface area contributed by atoms with Crippen LogP contribution in [-0.2, 0) is 43.1 Å². The maximum Gasteiger partial charge on any atom is 0.453 e. The van der Waals surface area contributed by atoms with Crippen molar-refractivity contribution >= 4 is 40.8 Å². The van der Waals surface area contributed by atoms with Crippen LogP contribution in [0.4, 0.5) is 13.2 Å². The Morgan fingerprint density at radius 3 is 2.28 bits per heavy atom. The second-order valence-electron chi connectivity index (χ2n) is 19.5. The van der Waals surface area contributed by atoms with Gasteiger partial charge < -0.3 is 50.5 Å². The maximum atomic E-state index is 14.1. The molecule has 3 saturated heterocycles. The lowest BCUT2D eigenvalue weighted by Crippen LogP contribution is -2.58. The Hall–Kier alpha value is -6.01. The van der Waals surface area contributed by atoms with Crippen LogP contribution >= 0.6 is 11.3 Å². The van der Waals surface area contributed by atoms with E-state index < -0.39 is 90.1 Å². The largest absolute Gasteiger partial charge is 0.484 e. The fraction of sp³-hybridized carbons (Fsp3) is 0.542. The minimum Gasteiger partial charge on any atom is -0.484 e. The molecule has 6 heterocycles. The van der Waals surface area contributed by atoms with E-state index >= 15 is 0 Å². The van der Waals surface area contributed by atoms with Crippen molar-refractivity contribution in [2.24, 2.45) is 10.5 Å². The normalized spacial score (nSPS) is 23.2. The van der Waals surface area contributed by atoms with Crippen LogP contribution in [-0.4, -0.2) is 150 Å². The van der Waals surface area contributed by atoms with E-state index in [4.69, 9.17) is 9.47 Å². The highest BCUT2D eigenvalue weighted by atomic mass is 32.1. The summed E-state index contributed by atoms with van der Waals surface area (Å²) in [7, 11) is 0. The number of likely N-dealkylation sites (tertiary alicyclic amines) is 2. The number of aliphatic hydroxyl groups is 3. The molecule has 7 atom stereocenters. The zero-order valence-corrected chi connectivity index (χ0v) is 40.6. The first kappa shape index (κ1) is 51.3. The number of nitrogens with zero attached hydrogens (tertiary/aromatic N) is 7. The average Bonchev–Trinajstić information content (AvgIpc) is 4.14. The van der Waals surface area contributed by atoms with E-state index in [9.17, 15) is 47.7 Å². The van der Waals surface area contributed by atoms with Gasteiger partial charge in [0.15, 0.2) is 12.4 Å². The van der Waals surface area contributed by atoms with Crippen LogP contribution in [0.1, 0.15) is 87.3 Å². The first-order chi connectivity index (χ1) is 33.7. The Morgan fingerprint density at radius 1 is 0.915 bits per heavy atom. The standard InChI is InChI=1S/C48H59F3N10O9S/c1-26-42(71-25-54-26)30-7-5-27(6-8-30)21-53-44(67)33-19-31(62)23-60(33)45(68)43(47(2,3)4)55-38(63)20-34-40(65)41(66)35(70-34)22-52-39(64)24-69-32-11-9-28(10-12-32)29-15-17-59(18-16-29)37-14-13-36-56-57-46(48(49,50)51)61(36)58-37/h5-12,25,29,31,33-35,40-41,43,62,65-66H,13-24H2,1-4H3,(H,52,64)(H,53,67)(H,55,63)/t31-,33-,34?,35+,40-,41+,43?/m0/s1. The molecule has 0 radical (unpaired) electrons. The van der Waals surface area contributed by atoms with Gasteiger partial charge in [-0.1, -0.05) is 57.2 Å². The van der Waals surface area contributed by atoms with E-state index in [1.54, 1.807) is 49.8 Å². The number of alkyl halides is 3. The number of aryl methyl sites for hydroxylation is 2. The molecule has 71 heavy (non-hydrogen) atoms. The Balaban J connectivity index is 0.767. The van der Waals surface area contributed by atoms with Crippen LogP contribution in [0.15, 0.2) is 59.1 Å². The summed E-state index contributed by atoms with van der Waals surface area (Å²) < 4.78 is 52.5. The van der Waals surface area contributed by atoms with Gasteiger partial charge in [0, 0.05) is 52.0 Å². The van der Waals surface area contributed by atoms with Gasteiger partial charge in [0.25, 0.3) is 11.7 Å². The van der Waals surface area contributed by atoms with Crippen LogP contribution in [0.25, 0.3) is 10.4 Å². The zero-order valence-electron chi connectivity index (χ0n) is 39.8. The number of hydrogen-bond acceptors (Lipinski definition) is 15.